The van der Waals surface area contributed by atoms with Gasteiger partial charge in [0.15, 0.2) is 0 Å². The number of nitrogens with one attached hydrogen (secondary N) is 1. The molecule has 0 radical (unpaired) electrons. The third-order valence-corrected chi connectivity index (χ3v) is 3.87. The highest BCUT2D eigenvalue weighted by Crippen LogP contribution is 2.18. The Morgan fingerprint density at radius 1 is 1.26 bits per heavy atom. The van der Waals surface area contributed by atoms with E-state index in [1.54, 1.807) is 6.20 Å². The quantitative estimate of drug-likeness (QED) is 0.787. The second kappa shape index (κ2) is 6.24. The number of nitrogens with zero attached hydrogens (tertiary/aromatic N) is 4. The molecule has 1 N–H and O–H groups in total. The predicted molar refractivity (Wildman–Crippen MR) is 90.3 cm³/mol. The van der Waals surface area contributed by atoms with Crippen molar-refractivity contribution in [2.24, 2.45) is 0 Å². The second-order valence-corrected chi connectivity index (χ2v) is 5.98. The van der Waals surface area contributed by atoms with Crippen LogP contribution in [0.25, 0.3) is 10.9 Å². The molecule has 0 unspecified atom stereocenters. The monoisotopic (exact) mass is 311 g/mol. The van der Waals surface area contributed by atoms with Crippen LogP contribution in [0.15, 0.2) is 36.8 Å². The minimum atomic E-state index is -0.0374. The summed E-state index contributed by atoms with van der Waals surface area (Å²) in [5.74, 6) is -0.0374. The molecule has 6 heteroatoms. The van der Waals surface area contributed by atoms with Crippen molar-refractivity contribution < 1.29 is 4.79 Å². The van der Waals surface area contributed by atoms with Gasteiger partial charge in [-0.15, -0.1) is 0 Å². The third-order valence-electron chi connectivity index (χ3n) is 3.87. The van der Waals surface area contributed by atoms with Gasteiger partial charge in [-0.1, -0.05) is 12.1 Å². The van der Waals surface area contributed by atoms with E-state index < -0.39 is 0 Å². The molecule has 0 bridgehead atoms. The first-order valence-corrected chi connectivity index (χ1v) is 7.80. The fourth-order valence-electron chi connectivity index (χ4n) is 2.54. The van der Waals surface area contributed by atoms with Crippen LogP contribution in [0.1, 0.15) is 31.9 Å². The van der Waals surface area contributed by atoms with Gasteiger partial charge in [0.05, 0.1) is 30.1 Å². The van der Waals surface area contributed by atoms with E-state index in [0.29, 0.717) is 13.0 Å². The van der Waals surface area contributed by atoms with Gasteiger partial charge in [0.2, 0.25) is 5.91 Å². The summed E-state index contributed by atoms with van der Waals surface area (Å²) in [5.41, 5.74) is 2.98. The molecule has 0 aliphatic rings. The molecule has 120 valence electrons. The number of amides is 1. The van der Waals surface area contributed by atoms with Gasteiger partial charge < -0.3 is 5.32 Å². The topological polar surface area (TPSA) is 64.7 Å². The van der Waals surface area contributed by atoms with Crippen LogP contribution in [-0.4, -0.2) is 25.5 Å². The summed E-state index contributed by atoms with van der Waals surface area (Å²) in [4.78, 5) is 12.1. The summed E-state index contributed by atoms with van der Waals surface area (Å²) in [6.07, 6.45) is 5.74. The highest BCUT2D eigenvalue weighted by molar-refractivity contribution is 5.90. The molecular formula is C17H21N5O. The molecule has 2 aromatic heterocycles. The zero-order valence-electron chi connectivity index (χ0n) is 13.7. The molecule has 0 saturated heterocycles. The number of rotatable bonds is 5. The first-order chi connectivity index (χ1) is 11.0. The molecule has 6 nitrogen and oxygen atoms in total. The Kier molecular flexibility index (Phi) is 4.14. The van der Waals surface area contributed by atoms with Crippen LogP contribution in [0.3, 0.4) is 0 Å². The van der Waals surface area contributed by atoms with Crippen LogP contribution in [0.5, 0.6) is 0 Å². The second-order valence-electron chi connectivity index (χ2n) is 5.98. The van der Waals surface area contributed by atoms with Crippen molar-refractivity contribution in [1.82, 2.24) is 19.6 Å². The van der Waals surface area contributed by atoms with Crippen LogP contribution in [0, 0.1) is 6.92 Å². The van der Waals surface area contributed by atoms with Crippen LogP contribution in [0.4, 0.5) is 5.69 Å². The van der Waals surface area contributed by atoms with E-state index in [1.807, 2.05) is 47.7 Å². The molecule has 0 atom stereocenters. The van der Waals surface area contributed by atoms with E-state index in [0.717, 1.165) is 16.6 Å². The average molecular weight is 311 g/mol. The van der Waals surface area contributed by atoms with Gasteiger partial charge in [0.25, 0.3) is 0 Å². The van der Waals surface area contributed by atoms with E-state index in [-0.39, 0.29) is 11.9 Å². The fourth-order valence-corrected chi connectivity index (χ4v) is 2.54. The van der Waals surface area contributed by atoms with E-state index >= 15 is 0 Å². The number of fused-ring (bicyclic) bond motifs is 1. The SMILES string of the molecule is Cc1cccc2c1cnn2CCC(=O)Nc1cnn(C(C)C)c1. The summed E-state index contributed by atoms with van der Waals surface area (Å²) < 4.78 is 3.69. The summed E-state index contributed by atoms with van der Waals surface area (Å²) >= 11 is 0. The van der Waals surface area contributed by atoms with Gasteiger partial charge in [-0.05, 0) is 32.4 Å². The van der Waals surface area contributed by atoms with Gasteiger partial charge in [-0.25, -0.2) is 0 Å². The van der Waals surface area contributed by atoms with Crippen molar-refractivity contribution in [3.8, 4) is 0 Å². The molecule has 1 aromatic carbocycles. The molecule has 0 aliphatic heterocycles. The first-order valence-electron chi connectivity index (χ1n) is 7.80. The Balaban J connectivity index is 1.63. The van der Waals surface area contributed by atoms with Crippen molar-refractivity contribution in [1.29, 1.82) is 0 Å². The molecule has 1 amide bonds. The molecule has 3 rings (SSSR count). The van der Waals surface area contributed by atoms with Gasteiger partial charge in [0.1, 0.15) is 0 Å². The van der Waals surface area contributed by atoms with Crippen LogP contribution in [-0.2, 0) is 11.3 Å². The van der Waals surface area contributed by atoms with Crippen LogP contribution in [0.2, 0.25) is 0 Å². The standard InChI is InChI=1S/C17H21N5O/c1-12(2)22-11-14(9-18-22)20-17(23)7-8-21-16-6-4-5-13(3)15(16)10-19-21/h4-6,9-12H,7-8H2,1-3H3,(H,20,23). The van der Waals surface area contributed by atoms with E-state index in [4.69, 9.17) is 0 Å². The lowest BCUT2D eigenvalue weighted by molar-refractivity contribution is -0.116. The molecule has 0 fully saturated rings. The summed E-state index contributed by atoms with van der Waals surface area (Å²) in [7, 11) is 0. The molecule has 0 aliphatic carbocycles. The molecule has 23 heavy (non-hydrogen) atoms. The van der Waals surface area contributed by atoms with Gasteiger partial charge >= 0.3 is 0 Å². The number of benzene rings is 1. The lowest BCUT2D eigenvalue weighted by atomic mass is 10.1. The minimum absolute atomic E-state index is 0.0374. The summed E-state index contributed by atoms with van der Waals surface area (Å²) in [6, 6.07) is 6.38. The number of hydrogen-bond acceptors (Lipinski definition) is 3. The maximum atomic E-state index is 12.1. The number of aromatic nitrogens is 4. The van der Waals surface area contributed by atoms with Crippen molar-refractivity contribution in [3.63, 3.8) is 0 Å². The van der Waals surface area contributed by atoms with Crippen LogP contribution >= 0.6 is 0 Å². The van der Waals surface area contributed by atoms with Gasteiger partial charge in [0, 0.05) is 24.0 Å². The zero-order chi connectivity index (χ0) is 16.4. The Morgan fingerprint density at radius 3 is 2.83 bits per heavy atom. The van der Waals surface area contributed by atoms with Crippen molar-refractivity contribution >= 4 is 22.5 Å². The number of hydrogen-bond donors (Lipinski definition) is 1. The average Bonchev–Trinajstić information content (AvgIpc) is 3.13. The molecule has 0 spiro atoms. The maximum Gasteiger partial charge on any atom is 0.226 e. The number of anilines is 1. The van der Waals surface area contributed by atoms with Crippen molar-refractivity contribution in [2.75, 3.05) is 5.32 Å². The van der Waals surface area contributed by atoms with Crippen LogP contribution < -0.4 is 5.32 Å². The third kappa shape index (κ3) is 3.26. The summed E-state index contributed by atoms with van der Waals surface area (Å²) in [5, 5.41) is 12.6. The lowest BCUT2D eigenvalue weighted by Gasteiger charge is -2.05. The Bertz CT molecular complexity index is 830. The van der Waals surface area contributed by atoms with E-state index in [9.17, 15) is 4.79 Å². The highest BCUT2D eigenvalue weighted by Gasteiger charge is 2.09. The number of aryl methyl sites for hydroxylation is 2. The zero-order valence-corrected chi connectivity index (χ0v) is 13.7. The van der Waals surface area contributed by atoms with Crippen molar-refractivity contribution in [3.05, 3.63) is 42.4 Å². The van der Waals surface area contributed by atoms with E-state index in [1.165, 1.54) is 5.56 Å². The molecule has 2 heterocycles. The lowest BCUT2D eigenvalue weighted by Crippen LogP contribution is -2.14. The molecule has 3 aromatic rings. The van der Waals surface area contributed by atoms with E-state index in [2.05, 4.69) is 28.5 Å². The summed E-state index contributed by atoms with van der Waals surface area (Å²) in [6.45, 7) is 6.71. The molecular weight excluding hydrogens is 290 g/mol. The number of carbonyl (C=O) groups is 1. The smallest absolute Gasteiger partial charge is 0.226 e. The highest BCUT2D eigenvalue weighted by atomic mass is 16.1. The maximum absolute atomic E-state index is 12.1. The molecule has 0 saturated carbocycles. The fraction of sp³-hybridized carbons (Fsp3) is 0.353. The predicted octanol–water partition coefficient (Wildman–Crippen LogP) is 3.15. The minimum Gasteiger partial charge on any atom is -0.323 e. The normalized spacial score (nSPS) is 11.3. The van der Waals surface area contributed by atoms with Gasteiger partial charge in [-0.3, -0.25) is 14.2 Å². The largest absolute Gasteiger partial charge is 0.323 e. The first kappa shape index (κ1) is 15.3. The van der Waals surface area contributed by atoms with Gasteiger partial charge in [-0.2, -0.15) is 10.2 Å². The Hall–Kier alpha value is -2.63. The number of carbonyl (C=O) groups excluding carboxylic acids is 1. The Morgan fingerprint density at radius 2 is 2.09 bits per heavy atom. The Labute approximate surface area is 135 Å². The van der Waals surface area contributed by atoms with Crippen molar-refractivity contribution in [2.45, 2.75) is 39.8 Å².